The Bertz CT molecular complexity index is 979. The lowest BCUT2D eigenvalue weighted by Crippen LogP contribution is -2.50. The fraction of sp³-hybridized carbons (Fsp3) is 0.381. The van der Waals surface area contributed by atoms with Crippen molar-refractivity contribution >= 4 is 33.2 Å². The van der Waals surface area contributed by atoms with E-state index < -0.39 is 15.4 Å². The number of halogens is 1. The molecular weight excluding hydrogens is 412 g/mol. The zero-order valence-electron chi connectivity index (χ0n) is 16.8. The second-order valence-electron chi connectivity index (χ2n) is 7.88. The number of carbonyl (C=O) groups excluding carboxylic acids is 1. The van der Waals surface area contributed by atoms with Crippen molar-refractivity contribution in [3.05, 3.63) is 53.6 Å². The maximum Gasteiger partial charge on any atom is 0.410 e. The predicted molar refractivity (Wildman–Crippen MR) is 113 cm³/mol. The lowest BCUT2D eigenvalue weighted by atomic mass is 10.2. The SMILES string of the molecule is CC(C)(C)OC(=O)N1CCN(c2cc(S(=O)(=O)c3ccccc3)ccc2Cl)CC1. The standard InChI is InChI=1S/C21H25ClN2O4S/c1-21(2,3)28-20(25)24-13-11-23(12-14-24)19-15-17(9-10-18(19)22)29(26,27)16-7-5-4-6-8-16/h4-10,15H,11-14H2,1-3H3. The van der Waals surface area contributed by atoms with Crippen LogP contribution < -0.4 is 4.90 Å². The van der Waals surface area contributed by atoms with Gasteiger partial charge in [-0.05, 0) is 51.1 Å². The molecule has 1 amide bonds. The van der Waals surface area contributed by atoms with Gasteiger partial charge in [-0.1, -0.05) is 29.8 Å². The molecule has 2 aromatic rings. The molecule has 1 saturated heterocycles. The molecule has 0 saturated carbocycles. The van der Waals surface area contributed by atoms with Crippen LogP contribution in [0.25, 0.3) is 0 Å². The van der Waals surface area contributed by atoms with Gasteiger partial charge in [0.05, 0.1) is 20.5 Å². The van der Waals surface area contributed by atoms with Gasteiger partial charge >= 0.3 is 6.09 Å². The Morgan fingerprint density at radius 3 is 2.17 bits per heavy atom. The van der Waals surface area contributed by atoms with E-state index >= 15 is 0 Å². The molecule has 3 rings (SSSR count). The highest BCUT2D eigenvalue weighted by Gasteiger charge is 2.27. The molecule has 1 aliphatic rings. The summed E-state index contributed by atoms with van der Waals surface area (Å²) >= 11 is 6.37. The minimum Gasteiger partial charge on any atom is -0.444 e. The molecule has 0 atom stereocenters. The van der Waals surface area contributed by atoms with Crippen molar-refractivity contribution in [1.29, 1.82) is 0 Å². The molecule has 0 aromatic heterocycles. The number of nitrogens with zero attached hydrogens (tertiary/aromatic N) is 2. The lowest BCUT2D eigenvalue weighted by molar-refractivity contribution is 0.0240. The topological polar surface area (TPSA) is 66.9 Å². The van der Waals surface area contributed by atoms with Crippen LogP contribution in [0.3, 0.4) is 0 Å². The van der Waals surface area contributed by atoms with E-state index in [4.69, 9.17) is 16.3 Å². The van der Waals surface area contributed by atoms with Crippen LogP contribution in [0.1, 0.15) is 20.8 Å². The molecule has 29 heavy (non-hydrogen) atoms. The van der Waals surface area contributed by atoms with Gasteiger partial charge in [-0.2, -0.15) is 0 Å². The largest absolute Gasteiger partial charge is 0.444 e. The van der Waals surface area contributed by atoms with Crippen LogP contribution in [0.4, 0.5) is 10.5 Å². The number of amides is 1. The molecule has 0 radical (unpaired) electrons. The van der Waals surface area contributed by atoms with Crippen LogP contribution in [0.2, 0.25) is 5.02 Å². The molecule has 156 valence electrons. The van der Waals surface area contributed by atoms with Gasteiger partial charge in [0.2, 0.25) is 9.84 Å². The zero-order valence-corrected chi connectivity index (χ0v) is 18.3. The Labute approximate surface area is 176 Å². The van der Waals surface area contributed by atoms with Crippen LogP contribution in [0.15, 0.2) is 58.3 Å². The predicted octanol–water partition coefficient (Wildman–Crippen LogP) is 4.23. The van der Waals surface area contributed by atoms with Crippen molar-refractivity contribution in [3.63, 3.8) is 0 Å². The molecule has 2 aromatic carbocycles. The zero-order chi connectivity index (χ0) is 21.2. The molecule has 0 N–H and O–H groups in total. The quantitative estimate of drug-likeness (QED) is 0.720. The molecule has 0 spiro atoms. The van der Waals surface area contributed by atoms with E-state index in [0.717, 1.165) is 0 Å². The number of ether oxygens (including phenoxy) is 1. The minimum atomic E-state index is -3.63. The summed E-state index contributed by atoms with van der Waals surface area (Å²) < 4.78 is 31.3. The van der Waals surface area contributed by atoms with Gasteiger partial charge in [-0.25, -0.2) is 13.2 Å². The van der Waals surface area contributed by atoms with Crippen molar-refractivity contribution < 1.29 is 17.9 Å². The summed E-state index contributed by atoms with van der Waals surface area (Å²) in [6.45, 7) is 7.52. The van der Waals surface area contributed by atoms with Crippen molar-refractivity contribution in [1.82, 2.24) is 4.90 Å². The van der Waals surface area contributed by atoms with Crippen LogP contribution in [-0.2, 0) is 14.6 Å². The average Bonchev–Trinajstić information content (AvgIpc) is 2.68. The highest BCUT2D eigenvalue weighted by molar-refractivity contribution is 7.91. The van der Waals surface area contributed by atoms with Crippen molar-refractivity contribution in [2.75, 3.05) is 31.1 Å². The first-order valence-corrected chi connectivity index (χ1v) is 11.3. The van der Waals surface area contributed by atoms with E-state index in [1.165, 1.54) is 6.07 Å². The maximum atomic E-state index is 12.9. The summed E-state index contributed by atoms with van der Waals surface area (Å²) in [5.74, 6) is 0. The van der Waals surface area contributed by atoms with E-state index in [2.05, 4.69) is 0 Å². The van der Waals surface area contributed by atoms with Crippen molar-refractivity contribution in [2.45, 2.75) is 36.2 Å². The molecule has 0 unspecified atom stereocenters. The highest BCUT2D eigenvalue weighted by Crippen LogP contribution is 2.32. The molecule has 1 fully saturated rings. The molecule has 6 nitrogen and oxygen atoms in total. The van der Waals surface area contributed by atoms with Crippen LogP contribution in [0.5, 0.6) is 0 Å². The summed E-state index contributed by atoms with van der Waals surface area (Å²) in [6, 6.07) is 13.0. The molecule has 0 bridgehead atoms. The monoisotopic (exact) mass is 436 g/mol. The lowest BCUT2D eigenvalue weighted by Gasteiger charge is -2.37. The Morgan fingerprint density at radius 1 is 0.966 bits per heavy atom. The Morgan fingerprint density at radius 2 is 1.59 bits per heavy atom. The van der Waals surface area contributed by atoms with E-state index in [1.54, 1.807) is 47.4 Å². The number of sulfone groups is 1. The number of anilines is 1. The third-order valence-corrected chi connectivity index (χ3v) is 6.64. The summed E-state index contributed by atoms with van der Waals surface area (Å²) in [4.78, 5) is 16.3. The van der Waals surface area contributed by atoms with Gasteiger partial charge in [-0.15, -0.1) is 0 Å². The van der Waals surface area contributed by atoms with Crippen LogP contribution >= 0.6 is 11.6 Å². The van der Waals surface area contributed by atoms with Crippen molar-refractivity contribution in [3.8, 4) is 0 Å². The first-order valence-electron chi connectivity index (χ1n) is 9.40. The normalized spacial score (nSPS) is 15.3. The Hall–Kier alpha value is -2.25. The third kappa shape index (κ3) is 5.03. The number of rotatable bonds is 3. The second kappa shape index (κ2) is 8.24. The van der Waals surface area contributed by atoms with E-state index in [1.807, 2.05) is 25.7 Å². The van der Waals surface area contributed by atoms with Crippen LogP contribution in [0, 0.1) is 0 Å². The van der Waals surface area contributed by atoms with Crippen molar-refractivity contribution in [2.24, 2.45) is 0 Å². The van der Waals surface area contributed by atoms with Gasteiger partial charge in [0.1, 0.15) is 5.60 Å². The Kier molecular flexibility index (Phi) is 6.10. The Balaban J connectivity index is 1.78. The third-order valence-electron chi connectivity index (χ3n) is 4.55. The number of benzene rings is 2. The first-order chi connectivity index (χ1) is 13.6. The van der Waals surface area contributed by atoms with E-state index in [9.17, 15) is 13.2 Å². The molecule has 8 heteroatoms. The van der Waals surface area contributed by atoms with Crippen LogP contribution in [-0.4, -0.2) is 51.2 Å². The number of carbonyl (C=O) groups is 1. The molecular formula is C21H25ClN2O4S. The van der Waals surface area contributed by atoms with E-state index in [0.29, 0.717) is 36.9 Å². The minimum absolute atomic E-state index is 0.192. The van der Waals surface area contributed by atoms with Gasteiger partial charge in [0.15, 0.2) is 0 Å². The van der Waals surface area contributed by atoms with Gasteiger partial charge in [-0.3, -0.25) is 0 Å². The maximum absolute atomic E-state index is 12.9. The smallest absolute Gasteiger partial charge is 0.410 e. The first kappa shape index (κ1) is 21.5. The molecule has 1 aliphatic heterocycles. The number of hydrogen-bond acceptors (Lipinski definition) is 5. The van der Waals surface area contributed by atoms with E-state index in [-0.39, 0.29) is 15.9 Å². The number of hydrogen-bond donors (Lipinski definition) is 0. The molecule has 1 heterocycles. The summed E-state index contributed by atoms with van der Waals surface area (Å²) in [5.41, 5.74) is 0.102. The van der Waals surface area contributed by atoms with Gasteiger partial charge < -0.3 is 14.5 Å². The summed E-state index contributed by atoms with van der Waals surface area (Å²) in [7, 11) is -3.63. The fourth-order valence-corrected chi connectivity index (χ4v) is 4.63. The second-order valence-corrected chi connectivity index (χ2v) is 10.2. The number of piperazine rings is 1. The summed E-state index contributed by atoms with van der Waals surface area (Å²) in [5, 5.41) is 0.475. The average molecular weight is 437 g/mol. The molecule has 0 aliphatic carbocycles. The van der Waals surface area contributed by atoms with Gasteiger partial charge in [0, 0.05) is 26.2 Å². The fourth-order valence-electron chi connectivity index (χ4n) is 3.09. The summed E-state index contributed by atoms with van der Waals surface area (Å²) in [6.07, 6.45) is -0.344. The highest BCUT2D eigenvalue weighted by atomic mass is 35.5. The van der Waals surface area contributed by atoms with Gasteiger partial charge in [0.25, 0.3) is 0 Å².